The Morgan fingerprint density at radius 3 is 2.58 bits per heavy atom. The van der Waals surface area contributed by atoms with Gasteiger partial charge in [-0.3, -0.25) is 19.8 Å². The van der Waals surface area contributed by atoms with Crippen molar-refractivity contribution in [2.45, 2.75) is 39.0 Å². The number of amides is 1. The molecule has 1 heterocycles. The second-order valence-electron chi connectivity index (χ2n) is 6.02. The van der Waals surface area contributed by atoms with Gasteiger partial charge in [-0.2, -0.15) is 0 Å². The molecule has 0 aliphatic carbocycles. The zero-order valence-electron chi connectivity index (χ0n) is 14.3. The van der Waals surface area contributed by atoms with Crippen molar-refractivity contribution in [1.82, 2.24) is 4.90 Å². The number of morpholine rings is 1. The minimum Gasteiger partial charge on any atom is -0.495 e. The molecular formula is C16H23N3O5. The molecule has 1 aliphatic heterocycles. The zero-order chi connectivity index (χ0) is 17.9. The fourth-order valence-electron chi connectivity index (χ4n) is 2.84. The molecule has 1 saturated heterocycles. The molecule has 0 spiro atoms. The first-order valence-electron chi connectivity index (χ1n) is 7.84. The number of benzene rings is 1. The number of non-ortho nitro benzene ring substituents is 1. The van der Waals surface area contributed by atoms with Crippen molar-refractivity contribution in [1.29, 1.82) is 0 Å². The molecule has 3 atom stereocenters. The molecular weight excluding hydrogens is 314 g/mol. The van der Waals surface area contributed by atoms with E-state index in [1.807, 2.05) is 25.7 Å². The number of hydrogen-bond acceptors (Lipinski definition) is 6. The van der Waals surface area contributed by atoms with Gasteiger partial charge < -0.3 is 14.8 Å². The van der Waals surface area contributed by atoms with Gasteiger partial charge in [-0.25, -0.2) is 0 Å². The van der Waals surface area contributed by atoms with E-state index in [0.29, 0.717) is 18.8 Å². The molecule has 8 heteroatoms. The number of carbonyl (C=O) groups excluding carboxylic acids is 1. The summed E-state index contributed by atoms with van der Waals surface area (Å²) in [5.74, 6) is 0.139. The highest BCUT2D eigenvalue weighted by Crippen LogP contribution is 2.29. The fraction of sp³-hybridized carbons (Fsp3) is 0.562. The molecule has 0 radical (unpaired) electrons. The van der Waals surface area contributed by atoms with Gasteiger partial charge in [0, 0.05) is 25.2 Å². The molecule has 1 aromatic rings. The van der Waals surface area contributed by atoms with Gasteiger partial charge in [0.05, 0.1) is 36.0 Å². The molecule has 1 aliphatic rings. The van der Waals surface area contributed by atoms with Crippen molar-refractivity contribution in [2.24, 2.45) is 0 Å². The van der Waals surface area contributed by atoms with E-state index in [9.17, 15) is 14.9 Å². The summed E-state index contributed by atoms with van der Waals surface area (Å²) >= 11 is 0. The Morgan fingerprint density at radius 1 is 1.42 bits per heavy atom. The fourth-order valence-corrected chi connectivity index (χ4v) is 2.84. The Bertz CT molecular complexity index is 612. The van der Waals surface area contributed by atoms with Crippen LogP contribution in [0.2, 0.25) is 0 Å². The van der Waals surface area contributed by atoms with Crippen LogP contribution in [0.15, 0.2) is 18.2 Å². The molecule has 132 valence electrons. The second-order valence-corrected chi connectivity index (χ2v) is 6.02. The Morgan fingerprint density at radius 2 is 2.04 bits per heavy atom. The Hall–Kier alpha value is -2.19. The van der Waals surface area contributed by atoms with Gasteiger partial charge in [0.25, 0.3) is 5.69 Å². The normalized spacial score (nSPS) is 22.7. The molecule has 8 nitrogen and oxygen atoms in total. The lowest BCUT2D eigenvalue weighted by Crippen LogP contribution is -2.52. The maximum atomic E-state index is 12.6. The lowest BCUT2D eigenvalue weighted by Gasteiger charge is -2.38. The average Bonchev–Trinajstić information content (AvgIpc) is 2.52. The molecule has 0 bridgehead atoms. The number of nitrogens with one attached hydrogen (secondary N) is 1. The molecule has 24 heavy (non-hydrogen) atoms. The summed E-state index contributed by atoms with van der Waals surface area (Å²) in [6, 6.07) is 3.72. The summed E-state index contributed by atoms with van der Waals surface area (Å²) in [4.78, 5) is 25.0. The van der Waals surface area contributed by atoms with Crippen LogP contribution in [0.4, 0.5) is 11.4 Å². The van der Waals surface area contributed by atoms with Gasteiger partial charge in [0.15, 0.2) is 0 Å². The van der Waals surface area contributed by atoms with E-state index in [1.165, 1.54) is 25.3 Å². The SMILES string of the molecule is COc1ccc([N+](=O)[O-])cc1NC(=O)[C@@H](C)N1C[C@@H](C)O[C@@H](C)C1. The molecule has 1 N–H and O–H groups in total. The molecule has 2 rings (SSSR count). The van der Waals surface area contributed by atoms with E-state index >= 15 is 0 Å². The van der Waals surface area contributed by atoms with Crippen LogP contribution in [0.3, 0.4) is 0 Å². The maximum absolute atomic E-state index is 12.6. The van der Waals surface area contributed by atoms with Gasteiger partial charge >= 0.3 is 0 Å². The monoisotopic (exact) mass is 337 g/mol. The van der Waals surface area contributed by atoms with Crippen LogP contribution in [-0.4, -0.2) is 54.2 Å². The van der Waals surface area contributed by atoms with Gasteiger partial charge in [0.2, 0.25) is 5.91 Å². The highest BCUT2D eigenvalue weighted by Gasteiger charge is 2.29. The predicted molar refractivity (Wildman–Crippen MR) is 89.3 cm³/mol. The number of nitro benzene ring substituents is 1. The number of anilines is 1. The summed E-state index contributed by atoms with van der Waals surface area (Å²) in [7, 11) is 1.45. The Kier molecular flexibility index (Phi) is 5.74. The van der Waals surface area contributed by atoms with E-state index < -0.39 is 4.92 Å². The quantitative estimate of drug-likeness (QED) is 0.653. The van der Waals surface area contributed by atoms with E-state index in [-0.39, 0.29) is 35.5 Å². The molecule has 0 unspecified atom stereocenters. The Labute approximate surface area is 140 Å². The van der Waals surface area contributed by atoms with Gasteiger partial charge in [-0.15, -0.1) is 0 Å². The first-order chi connectivity index (χ1) is 11.3. The van der Waals surface area contributed by atoms with Crippen LogP contribution >= 0.6 is 0 Å². The summed E-state index contributed by atoms with van der Waals surface area (Å²) in [6.07, 6.45) is 0.104. The highest BCUT2D eigenvalue weighted by atomic mass is 16.6. The number of rotatable bonds is 5. The third-order valence-corrected chi connectivity index (χ3v) is 4.03. The summed E-state index contributed by atoms with van der Waals surface area (Å²) in [5, 5.41) is 13.7. The molecule has 1 amide bonds. The van der Waals surface area contributed by atoms with E-state index in [0.717, 1.165) is 0 Å². The summed E-state index contributed by atoms with van der Waals surface area (Å²) in [5.41, 5.74) is 0.185. The standard InChI is InChI=1S/C16H23N3O5/c1-10-8-18(9-11(2)24-10)12(3)16(20)17-14-7-13(19(21)22)5-6-15(14)23-4/h5-7,10-12H,8-9H2,1-4H3,(H,17,20)/t10-,11+,12-/m1/s1. The minimum absolute atomic E-state index is 0.0522. The molecule has 0 saturated carbocycles. The van der Waals surface area contributed by atoms with Crippen molar-refractivity contribution in [3.63, 3.8) is 0 Å². The van der Waals surface area contributed by atoms with Crippen LogP contribution < -0.4 is 10.1 Å². The van der Waals surface area contributed by atoms with Crippen LogP contribution in [0.25, 0.3) is 0 Å². The number of nitrogens with zero attached hydrogens (tertiary/aromatic N) is 2. The number of methoxy groups -OCH3 is 1. The summed E-state index contributed by atoms with van der Waals surface area (Å²) < 4.78 is 10.8. The van der Waals surface area contributed by atoms with Crippen molar-refractivity contribution in [3.8, 4) is 5.75 Å². The number of hydrogen-bond donors (Lipinski definition) is 1. The van der Waals surface area contributed by atoms with E-state index in [2.05, 4.69) is 5.32 Å². The number of nitro groups is 1. The molecule has 0 aromatic heterocycles. The van der Waals surface area contributed by atoms with E-state index in [4.69, 9.17) is 9.47 Å². The van der Waals surface area contributed by atoms with Gasteiger partial charge in [-0.05, 0) is 26.8 Å². The van der Waals surface area contributed by atoms with Crippen molar-refractivity contribution < 1.29 is 19.2 Å². The first kappa shape index (κ1) is 18.2. The average molecular weight is 337 g/mol. The third-order valence-electron chi connectivity index (χ3n) is 4.03. The van der Waals surface area contributed by atoms with Crippen molar-refractivity contribution >= 4 is 17.3 Å². The van der Waals surface area contributed by atoms with Crippen LogP contribution in [-0.2, 0) is 9.53 Å². The van der Waals surface area contributed by atoms with Gasteiger partial charge in [-0.1, -0.05) is 0 Å². The van der Waals surface area contributed by atoms with Crippen molar-refractivity contribution in [2.75, 3.05) is 25.5 Å². The van der Waals surface area contributed by atoms with Gasteiger partial charge in [0.1, 0.15) is 5.75 Å². The minimum atomic E-state index is -0.510. The largest absolute Gasteiger partial charge is 0.495 e. The predicted octanol–water partition coefficient (Wildman–Crippen LogP) is 2.04. The third kappa shape index (κ3) is 4.21. The van der Waals surface area contributed by atoms with Crippen molar-refractivity contribution in [3.05, 3.63) is 28.3 Å². The highest BCUT2D eigenvalue weighted by molar-refractivity contribution is 5.96. The lowest BCUT2D eigenvalue weighted by atomic mass is 10.1. The Balaban J connectivity index is 2.13. The first-order valence-corrected chi connectivity index (χ1v) is 7.84. The van der Waals surface area contributed by atoms with Crippen LogP contribution in [0.5, 0.6) is 5.75 Å². The topological polar surface area (TPSA) is 93.9 Å². The summed E-state index contributed by atoms with van der Waals surface area (Å²) in [6.45, 7) is 7.06. The smallest absolute Gasteiger partial charge is 0.271 e. The van der Waals surface area contributed by atoms with E-state index in [1.54, 1.807) is 0 Å². The van der Waals surface area contributed by atoms with Crippen LogP contribution in [0, 0.1) is 10.1 Å². The number of ether oxygens (including phenoxy) is 2. The number of carbonyl (C=O) groups is 1. The molecule has 1 fully saturated rings. The zero-order valence-corrected chi connectivity index (χ0v) is 14.3. The maximum Gasteiger partial charge on any atom is 0.271 e. The lowest BCUT2D eigenvalue weighted by molar-refractivity contribution is -0.384. The molecule has 1 aromatic carbocycles. The second kappa shape index (κ2) is 7.59. The van der Waals surface area contributed by atoms with Crippen LogP contribution in [0.1, 0.15) is 20.8 Å².